The molecule has 1 aliphatic heterocycles. The SMILES string of the molecule is CN=C(NCc1c(C)nn(C)c1C)NC1CCCN(c2ccc(OC(F)F)cc2)C1.I. The van der Waals surface area contributed by atoms with Crippen molar-refractivity contribution >= 4 is 35.6 Å². The predicted octanol–water partition coefficient (Wildman–Crippen LogP) is 3.59. The third kappa shape index (κ3) is 6.68. The summed E-state index contributed by atoms with van der Waals surface area (Å²) in [6.45, 7) is 3.65. The van der Waals surface area contributed by atoms with E-state index in [-0.39, 0.29) is 35.8 Å². The van der Waals surface area contributed by atoms with E-state index >= 15 is 0 Å². The first-order chi connectivity index (χ1) is 14.4. The van der Waals surface area contributed by atoms with E-state index in [1.54, 1.807) is 19.2 Å². The standard InChI is InChI=1S/C21H30F2N6O.HI/c1-14-19(15(2)28(4)27-14)12-25-21(24-3)26-16-6-5-11-29(13-16)17-7-9-18(10-8-17)30-20(22)23;/h7-10,16,20H,5-6,11-13H2,1-4H3,(H2,24,25,26);1H. The Labute approximate surface area is 199 Å². The van der Waals surface area contributed by atoms with Crippen molar-refractivity contribution in [2.75, 3.05) is 25.0 Å². The second-order valence-corrected chi connectivity index (χ2v) is 7.50. The molecule has 0 saturated carbocycles. The van der Waals surface area contributed by atoms with Gasteiger partial charge in [0.15, 0.2) is 5.96 Å². The van der Waals surface area contributed by atoms with E-state index < -0.39 is 6.61 Å². The van der Waals surface area contributed by atoms with Crippen molar-refractivity contribution in [3.63, 3.8) is 0 Å². The topological polar surface area (TPSA) is 66.7 Å². The van der Waals surface area contributed by atoms with Crippen LogP contribution in [0.3, 0.4) is 0 Å². The average Bonchev–Trinajstić information content (AvgIpc) is 2.97. The molecule has 2 heterocycles. The molecular weight excluding hydrogens is 517 g/mol. The van der Waals surface area contributed by atoms with Crippen LogP contribution in [0.25, 0.3) is 0 Å². The van der Waals surface area contributed by atoms with Gasteiger partial charge in [0.05, 0.1) is 5.69 Å². The first-order valence-corrected chi connectivity index (χ1v) is 10.1. The van der Waals surface area contributed by atoms with Crippen molar-refractivity contribution in [1.29, 1.82) is 0 Å². The number of ether oxygens (including phenoxy) is 1. The molecular formula is C21H31F2IN6O. The van der Waals surface area contributed by atoms with Crippen LogP contribution in [0.15, 0.2) is 29.3 Å². The molecule has 3 rings (SSSR count). The third-order valence-electron chi connectivity index (χ3n) is 5.50. The molecule has 172 valence electrons. The Bertz CT molecular complexity index is 872. The number of piperidine rings is 1. The Kier molecular flexibility index (Phi) is 9.32. The number of rotatable bonds is 6. The maximum atomic E-state index is 12.3. The van der Waals surface area contributed by atoms with Crippen molar-refractivity contribution < 1.29 is 13.5 Å². The minimum atomic E-state index is -2.81. The van der Waals surface area contributed by atoms with Crippen LogP contribution in [0.4, 0.5) is 14.5 Å². The summed E-state index contributed by atoms with van der Waals surface area (Å²) in [4.78, 5) is 6.61. The smallest absolute Gasteiger partial charge is 0.387 e. The molecule has 1 aromatic carbocycles. The van der Waals surface area contributed by atoms with Gasteiger partial charge in [0.1, 0.15) is 5.75 Å². The van der Waals surface area contributed by atoms with Crippen molar-refractivity contribution in [3.05, 3.63) is 41.2 Å². The molecule has 31 heavy (non-hydrogen) atoms. The lowest BCUT2D eigenvalue weighted by atomic mass is 10.0. The highest BCUT2D eigenvalue weighted by molar-refractivity contribution is 14.0. The average molecular weight is 548 g/mol. The maximum Gasteiger partial charge on any atom is 0.387 e. The molecule has 1 aliphatic rings. The zero-order valence-electron chi connectivity index (χ0n) is 18.4. The number of hydrogen-bond donors (Lipinski definition) is 2. The number of benzene rings is 1. The van der Waals surface area contributed by atoms with Gasteiger partial charge >= 0.3 is 6.61 Å². The highest BCUT2D eigenvalue weighted by Crippen LogP contribution is 2.24. The lowest BCUT2D eigenvalue weighted by Gasteiger charge is -2.35. The molecule has 0 aliphatic carbocycles. The molecule has 1 saturated heterocycles. The fraction of sp³-hybridized carbons (Fsp3) is 0.524. The predicted molar refractivity (Wildman–Crippen MR) is 130 cm³/mol. The normalized spacial score (nSPS) is 16.8. The monoisotopic (exact) mass is 548 g/mol. The van der Waals surface area contributed by atoms with Gasteiger partial charge in [0.25, 0.3) is 0 Å². The first kappa shape index (κ1) is 25.2. The Morgan fingerprint density at radius 1 is 1.29 bits per heavy atom. The number of halogens is 3. The van der Waals surface area contributed by atoms with Gasteiger partial charge in [-0.05, 0) is 51.0 Å². The molecule has 0 amide bonds. The fourth-order valence-corrected chi connectivity index (χ4v) is 3.80. The number of aromatic nitrogens is 2. The van der Waals surface area contributed by atoms with Crippen molar-refractivity contribution in [3.8, 4) is 5.75 Å². The van der Waals surface area contributed by atoms with Crippen LogP contribution < -0.4 is 20.3 Å². The first-order valence-electron chi connectivity index (χ1n) is 10.1. The number of aryl methyl sites for hydroxylation is 2. The molecule has 1 aromatic heterocycles. The van der Waals surface area contributed by atoms with Crippen LogP contribution in [-0.2, 0) is 13.6 Å². The van der Waals surface area contributed by atoms with E-state index in [9.17, 15) is 8.78 Å². The van der Waals surface area contributed by atoms with Gasteiger partial charge in [-0.2, -0.15) is 13.9 Å². The summed E-state index contributed by atoms with van der Waals surface area (Å²) in [6.07, 6.45) is 2.07. The van der Waals surface area contributed by atoms with Crippen LogP contribution >= 0.6 is 24.0 Å². The molecule has 7 nitrogen and oxygen atoms in total. The summed E-state index contributed by atoms with van der Waals surface area (Å²) in [5.41, 5.74) is 4.32. The van der Waals surface area contributed by atoms with Crippen molar-refractivity contribution in [2.45, 2.75) is 45.9 Å². The van der Waals surface area contributed by atoms with E-state index in [2.05, 4.69) is 37.3 Å². The van der Waals surface area contributed by atoms with Crippen LogP contribution in [0, 0.1) is 13.8 Å². The summed E-state index contributed by atoms with van der Waals surface area (Å²) in [5, 5.41) is 11.3. The number of anilines is 1. The highest BCUT2D eigenvalue weighted by atomic mass is 127. The Balaban J connectivity index is 0.00000341. The molecule has 0 spiro atoms. The van der Waals surface area contributed by atoms with E-state index in [1.807, 2.05) is 30.8 Å². The minimum Gasteiger partial charge on any atom is -0.435 e. The lowest BCUT2D eigenvalue weighted by Crippen LogP contribution is -2.51. The van der Waals surface area contributed by atoms with Crippen molar-refractivity contribution in [1.82, 2.24) is 20.4 Å². The van der Waals surface area contributed by atoms with Gasteiger partial charge in [-0.3, -0.25) is 9.67 Å². The molecule has 2 N–H and O–H groups in total. The third-order valence-corrected chi connectivity index (χ3v) is 5.50. The van der Waals surface area contributed by atoms with E-state index in [4.69, 9.17) is 0 Å². The molecule has 0 radical (unpaired) electrons. The van der Waals surface area contributed by atoms with Crippen LogP contribution in [0.5, 0.6) is 5.75 Å². The maximum absolute atomic E-state index is 12.3. The number of guanidine groups is 1. The number of nitrogens with zero attached hydrogens (tertiary/aromatic N) is 4. The van der Waals surface area contributed by atoms with Gasteiger partial charge in [0, 0.05) is 56.7 Å². The summed E-state index contributed by atoms with van der Waals surface area (Å²) < 4.78 is 31.0. The molecule has 10 heteroatoms. The number of nitrogens with one attached hydrogen (secondary N) is 2. The number of alkyl halides is 2. The molecule has 2 aromatic rings. The number of hydrogen-bond acceptors (Lipinski definition) is 4. The van der Waals surface area contributed by atoms with Crippen molar-refractivity contribution in [2.24, 2.45) is 12.0 Å². The molecule has 1 atom stereocenters. The zero-order valence-corrected chi connectivity index (χ0v) is 20.7. The van der Waals surface area contributed by atoms with Gasteiger partial charge in [-0.15, -0.1) is 24.0 Å². The van der Waals surface area contributed by atoms with Gasteiger partial charge < -0.3 is 20.3 Å². The second-order valence-electron chi connectivity index (χ2n) is 7.50. The Morgan fingerprint density at radius 2 is 2.00 bits per heavy atom. The molecule has 1 fully saturated rings. The Hall–Kier alpha value is -2.11. The van der Waals surface area contributed by atoms with Crippen LogP contribution in [0.2, 0.25) is 0 Å². The summed E-state index contributed by atoms with van der Waals surface area (Å²) in [5.74, 6) is 0.927. The second kappa shape index (κ2) is 11.5. The van der Waals surface area contributed by atoms with E-state index in [1.165, 1.54) is 5.56 Å². The van der Waals surface area contributed by atoms with Gasteiger partial charge in [-0.1, -0.05) is 0 Å². The van der Waals surface area contributed by atoms with E-state index in [0.717, 1.165) is 49.0 Å². The minimum absolute atomic E-state index is 0. The van der Waals surface area contributed by atoms with Crippen LogP contribution in [-0.4, -0.2) is 48.5 Å². The van der Waals surface area contributed by atoms with Crippen LogP contribution in [0.1, 0.15) is 29.8 Å². The van der Waals surface area contributed by atoms with E-state index in [0.29, 0.717) is 6.54 Å². The summed E-state index contributed by atoms with van der Waals surface area (Å²) in [6, 6.07) is 7.04. The summed E-state index contributed by atoms with van der Waals surface area (Å²) in [7, 11) is 3.71. The lowest BCUT2D eigenvalue weighted by molar-refractivity contribution is -0.0498. The van der Waals surface area contributed by atoms with Gasteiger partial charge in [0.2, 0.25) is 0 Å². The van der Waals surface area contributed by atoms with Gasteiger partial charge in [-0.25, -0.2) is 0 Å². The summed E-state index contributed by atoms with van der Waals surface area (Å²) >= 11 is 0. The zero-order chi connectivity index (χ0) is 21.7. The quantitative estimate of drug-likeness (QED) is 0.328. The number of aliphatic imine (C=N–C) groups is 1. The highest BCUT2D eigenvalue weighted by Gasteiger charge is 2.21. The Morgan fingerprint density at radius 3 is 2.58 bits per heavy atom. The fourth-order valence-electron chi connectivity index (χ4n) is 3.80. The largest absolute Gasteiger partial charge is 0.435 e. The molecule has 1 unspecified atom stereocenters. The molecule has 0 bridgehead atoms.